The summed E-state index contributed by atoms with van der Waals surface area (Å²) in [6, 6.07) is 20.7. The summed E-state index contributed by atoms with van der Waals surface area (Å²) in [5.41, 5.74) is 3.51. The molecule has 182 valence electrons. The predicted molar refractivity (Wildman–Crippen MR) is 139 cm³/mol. The van der Waals surface area contributed by atoms with Gasteiger partial charge in [0.25, 0.3) is 0 Å². The number of hydrogen-bond donors (Lipinski definition) is 1. The third-order valence-electron chi connectivity index (χ3n) is 6.87. The van der Waals surface area contributed by atoms with Crippen LogP contribution in [0, 0.1) is 18.3 Å². The Hall–Kier alpha value is -4.08. The van der Waals surface area contributed by atoms with Crippen LogP contribution in [0.25, 0.3) is 22.1 Å². The smallest absolute Gasteiger partial charge is 0.344 e. The maximum absolute atomic E-state index is 13.3. The second-order valence-electron chi connectivity index (χ2n) is 9.22. The minimum Gasteiger partial charge on any atom is -0.506 e. The van der Waals surface area contributed by atoms with Crippen molar-refractivity contribution in [1.29, 1.82) is 5.26 Å². The zero-order valence-electron chi connectivity index (χ0n) is 20.3. The van der Waals surface area contributed by atoms with Crippen LogP contribution in [0.4, 0.5) is 0 Å². The lowest BCUT2D eigenvalue weighted by molar-refractivity contribution is 0.238. The molecule has 4 aromatic rings. The number of fused-ring (bicyclic) bond motifs is 1. The molecule has 0 radical (unpaired) electrons. The third kappa shape index (κ3) is 4.71. The normalized spacial score (nSPS) is 13.7. The molecule has 1 aromatic heterocycles. The van der Waals surface area contributed by atoms with E-state index >= 15 is 0 Å². The van der Waals surface area contributed by atoms with Gasteiger partial charge in [-0.05, 0) is 85.8 Å². The average Bonchev–Trinajstić information content (AvgIpc) is 3.39. The van der Waals surface area contributed by atoms with E-state index in [-0.39, 0.29) is 16.9 Å². The largest absolute Gasteiger partial charge is 0.506 e. The summed E-state index contributed by atoms with van der Waals surface area (Å²) in [4.78, 5) is 15.7. The molecular weight excluding hydrogens is 452 g/mol. The second-order valence-corrected chi connectivity index (χ2v) is 9.22. The Labute approximate surface area is 210 Å². The van der Waals surface area contributed by atoms with Crippen LogP contribution in [0.2, 0.25) is 0 Å². The van der Waals surface area contributed by atoms with Crippen molar-refractivity contribution in [2.75, 3.05) is 26.2 Å². The van der Waals surface area contributed by atoms with Gasteiger partial charge in [0.05, 0.1) is 5.56 Å². The van der Waals surface area contributed by atoms with E-state index in [0.29, 0.717) is 24.0 Å². The zero-order valence-corrected chi connectivity index (χ0v) is 20.3. The first kappa shape index (κ1) is 23.7. The summed E-state index contributed by atoms with van der Waals surface area (Å²) in [5.74, 6) is 0.601. The monoisotopic (exact) mass is 480 g/mol. The summed E-state index contributed by atoms with van der Waals surface area (Å²) >= 11 is 0. The summed E-state index contributed by atoms with van der Waals surface area (Å²) in [6.45, 7) is 5.84. The van der Waals surface area contributed by atoms with Crippen LogP contribution in [-0.2, 0) is 6.42 Å². The predicted octanol–water partition coefficient (Wildman–Crippen LogP) is 5.41. The van der Waals surface area contributed by atoms with Gasteiger partial charge in [0.2, 0.25) is 0 Å². The lowest BCUT2D eigenvalue weighted by Gasteiger charge is -2.16. The molecule has 0 unspecified atom stereocenters. The van der Waals surface area contributed by atoms with Gasteiger partial charge in [0.15, 0.2) is 5.58 Å². The van der Waals surface area contributed by atoms with Gasteiger partial charge in [0.1, 0.15) is 29.7 Å². The van der Waals surface area contributed by atoms with E-state index < -0.39 is 5.63 Å². The molecule has 0 spiro atoms. The van der Waals surface area contributed by atoms with Crippen molar-refractivity contribution >= 4 is 11.0 Å². The van der Waals surface area contributed by atoms with Gasteiger partial charge in [-0.1, -0.05) is 36.4 Å². The Morgan fingerprint density at radius 3 is 2.53 bits per heavy atom. The number of phenolic OH excluding ortho intramolecular Hbond substituents is 1. The third-order valence-corrected chi connectivity index (χ3v) is 6.87. The Morgan fingerprint density at radius 1 is 1.06 bits per heavy atom. The molecule has 0 amide bonds. The molecule has 0 aliphatic carbocycles. The van der Waals surface area contributed by atoms with E-state index in [0.717, 1.165) is 47.6 Å². The summed E-state index contributed by atoms with van der Waals surface area (Å²) in [5, 5.41) is 20.4. The molecule has 5 rings (SSSR count). The SMILES string of the molecule is Cc1ccccc1-c1c(Cc2ccc(OCCN3CCCC3)cc2)c2ccc(O)c(C#N)c2oc1=O. The van der Waals surface area contributed by atoms with Gasteiger partial charge in [-0.2, -0.15) is 5.26 Å². The van der Waals surface area contributed by atoms with Crippen molar-refractivity contribution < 1.29 is 14.3 Å². The van der Waals surface area contributed by atoms with Crippen molar-refractivity contribution in [2.24, 2.45) is 0 Å². The van der Waals surface area contributed by atoms with E-state index in [1.807, 2.05) is 61.5 Å². The quantitative estimate of drug-likeness (QED) is 0.356. The number of ether oxygens (including phenoxy) is 1. The highest BCUT2D eigenvalue weighted by Gasteiger charge is 2.21. The first-order valence-electron chi connectivity index (χ1n) is 12.3. The number of rotatable bonds is 7. The Kier molecular flexibility index (Phi) is 6.75. The summed E-state index contributed by atoms with van der Waals surface area (Å²) < 4.78 is 11.6. The van der Waals surface area contributed by atoms with Crippen LogP contribution < -0.4 is 10.4 Å². The molecule has 1 aliphatic heterocycles. The number of hydrogen-bond acceptors (Lipinski definition) is 6. The van der Waals surface area contributed by atoms with Crippen molar-refractivity contribution in [2.45, 2.75) is 26.2 Å². The van der Waals surface area contributed by atoms with Crippen molar-refractivity contribution in [3.05, 3.63) is 93.3 Å². The van der Waals surface area contributed by atoms with E-state index in [4.69, 9.17) is 9.15 Å². The molecule has 3 aromatic carbocycles. The molecule has 0 bridgehead atoms. The number of likely N-dealkylation sites (tertiary alicyclic amines) is 1. The van der Waals surface area contributed by atoms with E-state index in [9.17, 15) is 15.2 Å². The average molecular weight is 481 g/mol. The number of nitriles is 1. The van der Waals surface area contributed by atoms with Crippen molar-refractivity contribution in [1.82, 2.24) is 4.90 Å². The van der Waals surface area contributed by atoms with Gasteiger partial charge in [-0.25, -0.2) is 4.79 Å². The molecule has 0 atom stereocenters. The van der Waals surface area contributed by atoms with Gasteiger partial charge >= 0.3 is 5.63 Å². The standard InChI is InChI=1S/C30H28N2O4/c1-20-6-2-3-7-23(20)28-25(24-12-13-27(33)26(19-31)29(24)36-30(28)34)18-21-8-10-22(11-9-21)35-17-16-32-14-4-5-15-32/h2-3,6-13,33H,4-5,14-18H2,1H3. The number of phenols is 1. The number of aryl methyl sites for hydroxylation is 1. The maximum atomic E-state index is 13.3. The highest BCUT2D eigenvalue weighted by atomic mass is 16.5. The maximum Gasteiger partial charge on any atom is 0.344 e. The zero-order chi connectivity index (χ0) is 25.1. The Balaban J connectivity index is 1.51. The first-order valence-corrected chi connectivity index (χ1v) is 12.3. The molecule has 6 nitrogen and oxygen atoms in total. The number of benzene rings is 3. The molecule has 1 fully saturated rings. The second kappa shape index (κ2) is 10.3. The molecule has 1 saturated heterocycles. The van der Waals surface area contributed by atoms with Crippen molar-refractivity contribution in [3.8, 4) is 28.7 Å². The molecule has 1 N–H and O–H groups in total. The topological polar surface area (TPSA) is 86.7 Å². The van der Waals surface area contributed by atoms with E-state index in [1.165, 1.54) is 18.9 Å². The van der Waals surface area contributed by atoms with Crippen molar-refractivity contribution in [3.63, 3.8) is 0 Å². The Bertz CT molecular complexity index is 1490. The molecule has 6 heteroatoms. The summed E-state index contributed by atoms with van der Waals surface area (Å²) in [6.07, 6.45) is 2.98. The lowest BCUT2D eigenvalue weighted by Crippen LogP contribution is -2.25. The lowest BCUT2D eigenvalue weighted by atomic mass is 9.91. The van der Waals surface area contributed by atoms with Crippen LogP contribution in [0.15, 0.2) is 69.9 Å². The number of nitrogens with zero attached hydrogens (tertiary/aromatic N) is 2. The minimum atomic E-state index is -0.532. The Morgan fingerprint density at radius 2 is 1.81 bits per heavy atom. The van der Waals surface area contributed by atoms with Crippen LogP contribution in [0.1, 0.15) is 35.1 Å². The molecule has 36 heavy (non-hydrogen) atoms. The minimum absolute atomic E-state index is 0.0380. The van der Waals surface area contributed by atoms with Gasteiger partial charge < -0.3 is 14.3 Å². The highest BCUT2D eigenvalue weighted by Crippen LogP contribution is 2.35. The highest BCUT2D eigenvalue weighted by molar-refractivity contribution is 5.92. The summed E-state index contributed by atoms with van der Waals surface area (Å²) in [7, 11) is 0. The van der Waals surface area contributed by atoms with E-state index in [1.54, 1.807) is 6.07 Å². The van der Waals surface area contributed by atoms with Gasteiger partial charge in [-0.15, -0.1) is 0 Å². The fourth-order valence-corrected chi connectivity index (χ4v) is 4.94. The molecule has 2 heterocycles. The van der Waals surface area contributed by atoms with Gasteiger partial charge in [0, 0.05) is 11.9 Å². The van der Waals surface area contributed by atoms with E-state index in [2.05, 4.69) is 4.90 Å². The first-order chi connectivity index (χ1) is 17.5. The van der Waals surface area contributed by atoms with Crippen LogP contribution >= 0.6 is 0 Å². The number of aromatic hydroxyl groups is 1. The fourth-order valence-electron chi connectivity index (χ4n) is 4.94. The molecule has 0 saturated carbocycles. The molecule has 1 aliphatic rings. The van der Waals surface area contributed by atoms with Crippen LogP contribution in [0.3, 0.4) is 0 Å². The van der Waals surface area contributed by atoms with Gasteiger partial charge in [-0.3, -0.25) is 4.90 Å². The molecular formula is C30H28N2O4. The fraction of sp³-hybridized carbons (Fsp3) is 0.267. The van der Waals surface area contributed by atoms with Crippen LogP contribution in [-0.4, -0.2) is 36.2 Å². The van der Waals surface area contributed by atoms with Crippen LogP contribution in [0.5, 0.6) is 11.5 Å².